The molecule has 0 N–H and O–H groups in total. The van der Waals surface area contributed by atoms with Gasteiger partial charge in [-0.3, -0.25) is 9.78 Å². The molecule has 124 valence electrons. The molecule has 4 rings (SSSR count). The second-order valence-electron chi connectivity index (χ2n) is 5.99. The smallest absolute Gasteiger partial charge is 0.245 e. The fourth-order valence-corrected chi connectivity index (χ4v) is 5.26. The molecule has 7 heteroatoms. The van der Waals surface area contributed by atoms with Gasteiger partial charge in [-0.2, -0.15) is 4.31 Å². The predicted molar refractivity (Wildman–Crippen MR) is 88.8 cm³/mol. The van der Waals surface area contributed by atoms with Gasteiger partial charge in [0.15, 0.2) is 0 Å². The number of aromatic nitrogens is 1. The van der Waals surface area contributed by atoms with Crippen LogP contribution < -0.4 is 4.90 Å². The Morgan fingerprint density at radius 3 is 2.71 bits per heavy atom. The summed E-state index contributed by atoms with van der Waals surface area (Å²) in [4.78, 5) is 19.1. The highest BCUT2D eigenvalue weighted by atomic mass is 32.2. The number of hydrogen-bond donors (Lipinski definition) is 0. The average molecular weight is 343 g/mol. The van der Waals surface area contributed by atoms with Crippen molar-refractivity contribution in [2.75, 3.05) is 11.4 Å². The first kappa shape index (κ1) is 15.3. The van der Waals surface area contributed by atoms with Crippen molar-refractivity contribution in [2.24, 2.45) is 0 Å². The van der Waals surface area contributed by atoms with Crippen molar-refractivity contribution in [1.82, 2.24) is 9.29 Å². The monoisotopic (exact) mass is 343 g/mol. The number of carbonyl (C=O) groups excluding carboxylic acids is 1. The number of pyridine rings is 1. The SMILES string of the molecule is O=C1[C@@H]2CCCN2S(=O)(=O)c2ccccc2N1Cc1ccccn1. The molecule has 6 nitrogen and oxygen atoms in total. The summed E-state index contributed by atoms with van der Waals surface area (Å²) < 4.78 is 27.3. The van der Waals surface area contributed by atoms with Gasteiger partial charge in [-0.25, -0.2) is 8.42 Å². The number of fused-ring (bicyclic) bond motifs is 2. The van der Waals surface area contributed by atoms with Crippen LogP contribution in [0.1, 0.15) is 18.5 Å². The quantitative estimate of drug-likeness (QED) is 0.833. The van der Waals surface area contributed by atoms with E-state index in [0.717, 1.165) is 5.69 Å². The highest BCUT2D eigenvalue weighted by Gasteiger charge is 2.46. The van der Waals surface area contributed by atoms with Gasteiger partial charge in [0.05, 0.1) is 17.9 Å². The van der Waals surface area contributed by atoms with Crippen LogP contribution in [-0.4, -0.2) is 36.2 Å². The molecule has 0 saturated carbocycles. The summed E-state index contributed by atoms with van der Waals surface area (Å²) in [7, 11) is -3.66. The summed E-state index contributed by atoms with van der Waals surface area (Å²) in [5, 5.41) is 0. The van der Waals surface area contributed by atoms with E-state index >= 15 is 0 Å². The van der Waals surface area contributed by atoms with Crippen LogP contribution in [0.2, 0.25) is 0 Å². The minimum Gasteiger partial charge on any atom is -0.304 e. The molecule has 0 radical (unpaired) electrons. The van der Waals surface area contributed by atoms with E-state index in [-0.39, 0.29) is 17.3 Å². The Morgan fingerprint density at radius 2 is 1.92 bits per heavy atom. The molecule has 1 saturated heterocycles. The lowest BCUT2D eigenvalue weighted by molar-refractivity contribution is -0.121. The van der Waals surface area contributed by atoms with Crippen molar-refractivity contribution >= 4 is 21.6 Å². The summed E-state index contributed by atoms with van der Waals surface area (Å²) in [6.07, 6.45) is 2.93. The molecule has 0 bridgehead atoms. The first-order chi connectivity index (χ1) is 11.6. The maximum Gasteiger partial charge on any atom is 0.245 e. The van der Waals surface area contributed by atoms with Crippen LogP contribution in [0.4, 0.5) is 5.69 Å². The Kier molecular flexibility index (Phi) is 3.62. The second-order valence-corrected chi connectivity index (χ2v) is 7.85. The number of carbonyl (C=O) groups is 1. The molecular formula is C17H17N3O3S. The summed E-state index contributed by atoms with van der Waals surface area (Å²) in [6, 6.07) is 11.6. The lowest BCUT2D eigenvalue weighted by atomic mass is 10.1. The van der Waals surface area contributed by atoms with Crippen molar-refractivity contribution < 1.29 is 13.2 Å². The average Bonchev–Trinajstić information content (AvgIpc) is 3.08. The van der Waals surface area contributed by atoms with Gasteiger partial charge in [0, 0.05) is 12.7 Å². The number of nitrogens with zero attached hydrogens (tertiary/aromatic N) is 3. The Morgan fingerprint density at radius 1 is 1.12 bits per heavy atom. The van der Waals surface area contributed by atoms with Crippen LogP contribution in [-0.2, 0) is 21.4 Å². The van der Waals surface area contributed by atoms with Crippen LogP contribution in [0, 0.1) is 0 Å². The Labute approximate surface area is 140 Å². The first-order valence-electron chi connectivity index (χ1n) is 7.91. The number of anilines is 1. The van der Waals surface area contributed by atoms with E-state index in [1.54, 1.807) is 35.4 Å². The van der Waals surface area contributed by atoms with E-state index in [2.05, 4.69) is 4.98 Å². The van der Waals surface area contributed by atoms with Crippen molar-refractivity contribution in [1.29, 1.82) is 0 Å². The van der Waals surface area contributed by atoms with Gasteiger partial charge in [0.2, 0.25) is 15.9 Å². The summed E-state index contributed by atoms with van der Waals surface area (Å²) in [5.74, 6) is -0.174. The number of para-hydroxylation sites is 1. The van der Waals surface area contributed by atoms with E-state index in [4.69, 9.17) is 0 Å². The van der Waals surface area contributed by atoms with Gasteiger partial charge >= 0.3 is 0 Å². The molecule has 0 unspecified atom stereocenters. The summed E-state index contributed by atoms with van der Waals surface area (Å²) in [6.45, 7) is 0.654. The molecule has 24 heavy (non-hydrogen) atoms. The fourth-order valence-electron chi connectivity index (χ4n) is 3.41. The van der Waals surface area contributed by atoms with E-state index in [1.165, 1.54) is 4.31 Å². The van der Waals surface area contributed by atoms with Crippen molar-refractivity contribution in [2.45, 2.75) is 30.3 Å². The zero-order valence-corrected chi connectivity index (χ0v) is 13.8. The fraction of sp³-hybridized carbons (Fsp3) is 0.294. The molecule has 1 amide bonds. The number of amides is 1. The summed E-state index contributed by atoms with van der Waals surface area (Å²) >= 11 is 0. The van der Waals surface area contributed by atoms with Crippen molar-refractivity contribution in [3.05, 3.63) is 54.4 Å². The molecule has 3 heterocycles. The van der Waals surface area contributed by atoms with Crippen LogP contribution in [0.3, 0.4) is 0 Å². The van der Waals surface area contributed by atoms with Gasteiger partial charge in [0.25, 0.3) is 0 Å². The van der Waals surface area contributed by atoms with Gasteiger partial charge < -0.3 is 4.90 Å². The van der Waals surface area contributed by atoms with E-state index in [1.807, 2.05) is 18.2 Å². The Bertz CT molecular complexity index is 883. The maximum atomic E-state index is 13.1. The third-order valence-electron chi connectivity index (χ3n) is 4.54. The minimum atomic E-state index is -3.66. The lowest BCUT2D eigenvalue weighted by Gasteiger charge is -2.24. The molecule has 0 aliphatic carbocycles. The second kappa shape index (κ2) is 5.68. The number of rotatable bonds is 2. The zero-order chi connectivity index (χ0) is 16.7. The number of sulfonamides is 1. The Hall–Kier alpha value is -2.25. The molecule has 1 fully saturated rings. The molecule has 2 aromatic rings. The van der Waals surface area contributed by atoms with Gasteiger partial charge in [-0.05, 0) is 37.1 Å². The zero-order valence-electron chi connectivity index (χ0n) is 13.0. The normalized spacial score (nSPS) is 22.8. The number of hydrogen-bond acceptors (Lipinski definition) is 4. The van der Waals surface area contributed by atoms with Crippen molar-refractivity contribution in [3.63, 3.8) is 0 Å². The maximum absolute atomic E-state index is 13.1. The van der Waals surface area contributed by atoms with Gasteiger partial charge in [-0.1, -0.05) is 18.2 Å². The highest BCUT2D eigenvalue weighted by Crippen LogP contribution is 2.37. The standard InChI is InChI=1S/C17H17N3O3S/c21-17-15-8-5-11-20(15)24(22,23)16-9-2-1-7-14(16)19(17)12-13-6-3-4-10-18-13/h1-4,6-7,9-10,15H,5,8,11-12H2/t15-/m0/s1. The molecule has 1 atom stereocenters. The molecule has 0 spiro atoms. The molecule has 2 aliphatic rings. The van der Waals surface area contributed by atoms with Crippen LogP contribution in [0.5, 0.6) is 0 Å². The van der Waals surface area contributed by atoms with E-state index < -0.39 is 16.1 Å². The highest BCUT2D eigenvalue weighted by molar-refractivity contribution is 7.89. The summed E-state index contributed by atoms with van der Waals surface area (Å²) in [5.41, 5.74) is 1.16. The van der Waals surface area contributed by atoms with Gasteiger partial charge in [0.1, 0.15) is 10.9 Å². The van der Waals surface area contributed by atoms with Crippen LogP contribution in [0.25, 0.3) is 0 Å². The molecule has 1 aromatic carbocycles. The van der Waals surface area contributed by atoms with E-state index in [9.17, 15) is 13.2 Å². The van der Waals surface area contributed by atoms with Gasteiger partial charge in [-0.15, -0.1) is 0 Å². The third-order valence-corrected chi connectivity index (χ3v) is 6.50. The predicted octanol–water partition coefficient (Wildman–Crippen LogP) is 1.78. The molecular weight excluding hydrogens is 326 g/mol. The van der Waals surface area contributed by atoms with Crippen LogP contribution >= 0.6 is 0 Å². The van der Waals surface area contributed by atoms with Crippen LogP contribution in [0.15, 0.2) is 53.6 Å². The first-order valence-corrected chi connectivity index (χ1v) is 9.35. The lowest BCUT2D eigenvalue weighted by Crippen LogP contribution is -2.44. The number of benzene rings is 1. The van der Waals surface area contributed by atoms with E-state index in [0.29, 0.717) is 25.1 Å². The minimum absolute atomic E-state index is 0.174. The topological polar surface area (TPSA) is 70.6 Å². The van der Waals surface area contributed by atoms with Crippen molar-refractivity contribution in [3.8, 4) is 0 Å². The largest absolute Gasteiger partial charge is 0.304 e. The molecule has 1 aromatic heterocycles. The third kappa shape index (κ3) is 2.32. The molecule has 2 aliphatic heterocycles. The Balaban J connectivity index is 1.87.